The van der Waals surface area contributed by atoms with Crippen LogP contribution in [0.4, 0.5) is 0 Å². The molecule has 2 aliphatic rings. The lowest BCUT2D eigenvalue weighted by Crippen LogP contribution is -2.41. The second-order valence-electron chi connectivity index (χ2n) is 5.97. The highest BCUT2D eigenvalue weighted by Gasteiger charge is 2.30. The normalized spacial score (nSPS) is 36.6. The molecule has 2 rings (SSSR count). The maximum atomic E-state index is 12.1. The SMILES string of the molecule is CC1CC(N)CCC1C(=O)NCCC1CCOC1. The van der Waals surface area contributed by atoms with Crippen LogP contribution in [0.15, 0.2) is 0 Å². The first-order valence-corrected chi connectivity index (χ1v) is 7.28. The van der Waals surface area contributed by atoms with Crippen molar-refractivity contribution in [3.05, 3.63) is 0 Å². The van der Waals surface area contributed by atoms with Crippen molar-refractivity contribution in [2.24, 2.45) is 23.5 Å². The third kappa shape index (κ3) is 3.69. The van der Waals surface area contributed by atoms with E-state index in [1.165, 1.54) is 0 Å². The molecule has 2 fully saturated rings. The lowest BCUT2D eigenvalue weighted by Gasteiger charge is -2.31. The van der Waals surface area contributed by atoms with Crippen LogP contribution in [0.1, 0.15) is 39.0 Å². The zero-order valence-electron chi connectivity index (χ0n) is 11.4. The molecule has 104 valence electrons. The third-order valence-electron chi connectivity index (χ3n) is 4.42. The van der Waals surface area contributed by atoms with E-state index in [4.69, 9.17) is 10.5 Å². The van der Waals surface area contributed by atoms with Gasteiger partial charge in [0.1, 0.15) is 0 Å². The number of rotatable bonds is 4. The summed E-state index contributed by atoms with van der Waals surface area (Å²) in [7, 11) is 0. The molecule has 1 aliphatic heterocycles. The fourth-order valence-corrected chi connectivity index (χ4v) is 3.17. The highest BCUT2D eigenvalue weighted by molar-refractivity contribution is 5.79. The Labute approximate surface area is 110 Å². The molecule has 1 saturated heterocycles. The van der Waals surface area contributed by atoms with Crippen molar-refractivity contribution >= 4 is 5.91 Å². The molecule has 1 amide bonds. The standard InChI is InChI=1S/C14H26N2O2/c1-10-8-12(15)2-3-13(10)14(17)16-6-4-11-5-7-18-9-11/h10-13H,2-9,15H2,1H3,(H,16,17). The van der Waals surface area contributed by atoms with Gasteiger partial charge in [-0.15, -0.1) is 0 Å². The van der Waals surface area contributed by atoms with Gasteiger partial charge in [0.05, 0.1) is 0 Å². The van der Waals surface area contributed by atoms with E-state index in [1.54, 1.807) is 0 Å². The molecule has 0 radical (unpaired) electrons. The minimum absolute atomic E-state index is 0.171. The van der Waals surface area contributed by atoms with Gasteiger partial charge in [-0.1, -0.05) is 6.92 Å². The summed E-state index contributed by atoms with van der Waals surface area (Å²) in [6.45, 7) is 4.69. The lowest BCUT2D eigenvalue weighted by molar-refractivity contribution is -0.127. The average molecular weight is 254 g/mol. The maximum Gasteiger partial charge on any atom is 0.223 e. The molecule has 0 bridgehead atoms. The Balaban J connectivity index is 1.67. The van der Waals surface area contributed by atoms with Crippen molar-refractivity contribution in [1.82, 2.24) is 5.32 Å². The fraction of sp³-hybridized carbons (Fsp3) is 0.929. The van der Waals surface area contributed by atoms with Crippen molar-refractivity contribution in [2.45, 2.75) is 45.1 Å². The Morgan fingerprint density at radius 2 is 2.22 bits per heavy atom. The molecule has 4 unspecified atom stereocenters. The molecule has 4 heteroatoms. The van der Waals surface area contributed by atoms with Crippen LogP contribution in [-0.4, -0.2) is 31.7 Å². The van der Waals surface area contributed by atoms with Crippen LogP contribution < -0.4 is 11.1 Å². The van der Waals surface area contributed by atoms with Crippen molar-refractivity contribution in [3.8, 4) is 0 Å². The van der Waals surface area contributed by atoms with Gasteiger partial charge in [-0.25, -0.2) is 0 Å². The minimum atomic E-state index is 0.171. The topological polar surface area (TPSA) is 64.4 Å². The Morgan fingerprint density at radius 3 is 2.89 bits per heavy atom. The molecule has 1 aliphatic carbocycles. The second kappa shape index (κ2) is 6.53. The van der Waals surface area contributed by atoms with Gasteiger partial charge in [0.25, 0.3) is 0 Å². The molecule has 3 N–H and O–H groups in total. The maximum absolute atomic E-state index is 12.1. The summed E-state index contributed by atoms with van der Waals surface area (Å²) in [5.41, 5.74) is 5.92. The van der Waals surface area contributed by atoms with Gasteiger partial charge in [-0.3, -0.25) is 4.79 Å². The number of nitrogens with two attached hydrogens (primary N) is 1. The number of nitrogens with one attached hydrogen (secondary N) is 1. The Hall–Kier alpha value is -0.610. The Kier molecular flexibility index (Phi) is 5.01. The number of carbonyl (C=O) groups is 1. The van der Waals surface area contributed by atoms with E-state index in [0.29, 0.717) is 17.9 Å². The lowest BCUT2D eigenvalue weighted by atomic mass is 9.78. The summed E-state index contributed by atoms with van der Waals surface area (Å²) in [5, 5.41) is 3.09. The van der Waals surface area contributed by atoms with Crippen LogP contribution in [0.25, 0.3) is 0 Å². The molecule has 1 heterocycles. The van der Waals surface area contributed by atoms with E-state index < -0.39 is 0 Å². The smallest absolute Gasteiger partial charge is 0.223 e. The number of hydrogen-bond acceptors (Lipinski definition) is 3. The summed E-state index contributed by atoms with van der Waals surface area (Å²) >= 11 is 0. The average Bonchev–Trinajstić information content (AvgIpc) is 2.81. The monoisotopic (exact) mass is 254 g/mol. The van der Waals surface area contributed by atoms with Crippen molar-refractivity contribution < 1.29 is 9.53 Å². The minimum Gasteiger partial charge on any atom is -0.381 e. The van der Waals surface area contributed by atoms with Crippen LogP contribution in [-0.2, 0) is 9.53 Å². The highest BCUT2D eigenvalue weighted by Crippen LogP contribution is 2.29. The molecule has 0 aromatic carbocycles. The van der Waals surface area contributed by atoms with Gasteiger partial charge in [-0.05, 0) is 43.9 Å². The van der Waals surface area contributed by atoms with Crippen LogP contribution in [0.3, 0.4) is 0 Å². The van der Waals surface area contributed by atoms with Crippen LogP contribution in [0.2, 0.25) is 0 Å². The molecule has 0 aromatic heterocycles. The van der Waals surface area contributed by atoms with Crippen LogP contribution in [0, 0.1) is 17.8 Å². The van der Waals surface area contributed by atoms with Crippen molar-refractivity contribution in [3.63, 3.8) is 0 Å². The molecule has 4 atom stereocenters. The fourth-order valence-electron chi connectivity index (χ4n) is 3.17. The van der Waals surface area contributed by atoms with E-state index in [9.17, 15) is 4.79 Å². The van der Waals surface area contributed by atoms with Gasteiger partial charge < -0.3 is 15.8 Å². The van der Waals surface area contributed by atoms with E-state index in [0.717, 1.165) is 51.9 Å². The van der Waals surface area contributed by atoms with E-state index in [1.807, 2.05) is 0 Å². The van der Waals surface area contributed by atoms with Crippen molar-refractivity contribution in [1.29, 1.82) is 0 Å². The predicted octanol–water partition coefficient (Wildman–Crippen LogP) is 1.29. The summed E-state index contributed by atoms with van der Waals surface area (Å²) in [4.78, 5) is 12.1. The number of hydrogen-bond donors (Lipinski definition) is 2. The largest absolute Gasteiger partial charge is 0.381 e. The zero-order valence-corrected chi connectivity index (χ0v) is 11.4. The molecule has 0 spiro atoms. The van der Waals surface area contributed by atoms with E-state index >= 15 is 0 Å². The molecule has 1 saturated carbocycles. The summed E-state index contributed by atoms with van der Waals surface area (Å²) in [5.74, 6) is 1.46. The molecule has 18 heavy (non-hydrogen) atoms. The number of amides is 1. The van der Waals surface area contributed by atoms with Gasteiger partial charge in [0, 0.05) is 31.7 Å². The summed E-state index contributed by atoms with van der Waals surface area (Å²) in [6, 6.07) is 0.291. The Morgan fingerprint density at radius 1 is 1.39 bits per heavy atom. The first-order chi connectivity index (χ1) is 8.66. The quantitative estimate of drug-likeness (QED) is 0.794. The third-order valence-corrected chi connectivity index (χ3v) is 4.42. The molecular weight excluding hydrogens is 228 g/mol. The van der Waals surface area contributed by atoms with Gasteiger partial charge in [-0.2, -0.15) is 0 Å². The van der Waals surface area contributed by atoms with Crippen LogP contribution in [0.5, 0.6) is 0 Å². The molecular formula is C14H26N2O2. The Bertz CT molecular complexity index is 277. The first kappa shape index (κ1) is 13.8. The molecule has 0 aromatic rings. The van der Waals surface area contributed by atoms with Gasteiger partial charge in [0.2, 0.25) is 5.91 Å². The number of carbonyl (C=O) groups excluding carboxylic acids is 1. The molecule has 4 nitrogen and oxygen atoms in total. The predicted molar refractivity (Wildman–Crippen MR) is 71.0 cm³/mol. The second-order valence-corrected chi connectivity index (χ2v) is 5.97. The van der Waals surface area contributed by atoms with Crippen LogP contribution >= 0.6 is 0 Å². The zero-order chi connectivity index (χ0) is 13.0. The highest BCUT2D eigenvalue weighted by atomic mass is 16.5. The first-order valence-electron chi connectivity index (χ1n) is 7.28. The van der Waals surface area contributed by atoms with Gasteiger partial charge >= 0.3 is 0 Å². The van der Waals surface area contributed by atoms with E-state index in [2.05, 4.69) is 12.2 Å². The van der Waals surface area contributed by atoms with Gasteiger partial charge in [0.15, 0.2) is 0 Å². The number of ether oxygens (including phenoxy) is 1. The summed E-state index contributed by atoms with van der Waals surface area (Å²) in [6.07, 6.45) is 5.10. The van der Waals surface area contributed by atoms with Crippen molar-refractivity contribution in [2.75, 3.05) is 19.8 Å². The summed E-state index contributed by atoms with van der Waals surface area (Å²) < 4.78 is 5.33. The van der Waals surface area contributed by atoms with E-state index in [-0.39, 0.29) is 11.8 Å².